The number of nitrogens with zero attached hydrogens (tertiary/aromatic N) is 1. The zero-order valence-corrected chi connectivity index (χ0v) is 15.9. The summed E-state index contributed by atoms with van der Waals surface area (Å²) in [4.78, 5) is 11.8. The summed E-state index contributed by atoms with van der Waals surface area (Å²) in [6, 6.07) is 5.74. The molecule has 1 aromatic carbocycles. The van der Waals surface area contributed by atoms with Crippen LogP contribution in [0.1, 0.15) is 49.3 Å². The average Bonchev–Trinajstić information content (AvgIpc) is 2.92. The van der Waals surface area contributed by atoms with E-state index < -0.39 is 5.97 Å². The topological polar surface area (TPSA) is 60.7 Å². The van der Waals surface area contributed by atoms with Crippen LogP contribution in [0.25, 0.3) is 17.3 Å². The lowest BCUT2D eigenvalue weighted by molar-refractivity contribution is 0.0696. The molecule has 0 spiro atoms. The van der Waals surface area contributed by atoms with Crippen molar-refractivity contribution in [2.75, 3.05) is 7.11 Å². The van der Waals surface area contributed by atoms with Gasteiger partial charge >= 0.3 is 5.97 Å². The fourth-order valence-electron chi connectivity index (χ4n) is 3.41. The van der Waals surface area contributed by atoms with E-state index in [1.807, 2.05) is 45.9 Å². The van der Waals surface area contributed by atoms with Gasteiger partial charge < -0.3 is 19.1 Å². The van der Waals surface area contributed by atoms with Gasteiger partial charge in [0.2, 0.25) is 0 Å². The smallest absolute Gasteiger partial charge is 0.337 e. The van der Waals surface area contributed by atoms with Crippen molar-refractivity contribution in [2.24, 2.45) is 0 Å². The minimum absolute atomic E-state index is 0.0214. The number of allylic oxidation sites excluding steroid dienone is 1. The Kier molecular flexibility index (Phi) is 4.81. The van der Waals surface area contributed by atoms with E-state index in [0.29, 0.717) is 17.1 Å². The molecule has 5 nitrogen and oxygen atoms in total. The van der Waals surface area contributed by atoms with Gasteiger partial charge in [0.1, 0.15) is 0 Å². The lowest BCUT2D eigenvalue weighted by atomic mass is 9.97. The molecule has 1 aliphatic heterocycles. The predicted molar refractivity (Wildman–Crippen MR) is 102 cm³/mol. The van der Waals surface area contributed by atoms with Crippen molar-refractivity contribution in [1.82, 2.24) is 4.57 Å². The van der Waals surface area contributed by atoms with Crippen molar-refractivity contribution < 1.29 is 19.4 Å². The predicted octanol–water partition coefficient (Wildman–Crippen LogP) is 4.63. The number of hydrogen-bond donors (Lipinski definition) is 1. The van der Waals surface area contributed by atoms with E-state index in [2.05, 4.69) is 4.57 Å². The Bertz CT molecular complexity index is 886. The molecule has 0 fully saturated rings. The number of rotatable bonds is 5. The molecule has 0 aliphatic carbocycles. The fourth-order valence-corrected chi connectivity index (χ4v) is 3.41. The normalized spacial score (nSPS) is 12.4. The monoisotopic (exact) mass is 355 g/mol. The standard InChI is InChI=1S/C21H25NO4/c1-12(2)8-17-16(21(23)24)10-18-15-11-20(26-13(3)4)19(25-5)9-14(15)6-7-22(17)18/h8-11,13H,6-7H2,1-5H3,(H,23,24). The molecule has 2 heterocycles. The first-order valence-electron chi connectivity index (χ1n) is 8.81. The Morgan fingerprint density at radius 2 is 1.96 bits per heavy atom. The van der Waals surface area contributed by atoms with Crippen molar-refractivity contribution >= 4 is 12.0 Å². The minimum Gasteiger partial charge on any atom is -0.493 e. The number of fused-ring (bicyclic) bond motifs is 3. The van der Waals surface area contributed by atoms with Crippen LogP contribution < -0.4 is 9.47 Å². The van der Waals surface area contributed by atoms with Crippen LogP contribution in [0.2, 0.25) is 0 Å². The summed E-state index contributed by atoms with van der Waals surface area (Å²) in [5.74, 6) is 0.477. The van der Waals surface area contributed by atoms with Crippen molar-refractivity contribution in [2.45, 2.75) is 46.8 Å². The molecule has 5 heteroatoms. The largest absolute Gasteiger partial charge is 0.493 e. The quantitative estimate of drug-likeness (QED) is 0.849. The Hall–Kier alpha value is -2.69. The summed E-state index contributed by atoms with van der Waals surface area (Å²) in [7, 11) is 1.63. The lowest BCUT2D eigenvalue weighted by Crippen LogP contribution is -2.14. The van der Waals surface area contributed by atoms with Gasteiger partial charge in [0.05, 0.1) is 24.5 Å². The first-order chi connectivity index (χ1) is 12.3. The van der Waals surface area contributed by atoms with Gasteiger partial charge in [-0.1, -0.05) is 5.57 Å². The second kappa shape index (κ2) is 6.90. The Morgan fingerprint density at radius 3 is 2.54 bits per heavy atom. The van der Waals surface area contributed by atoms with Crippen LogP contribution in [-0.4, -0.2) is 28.9 Å². The number of hydrogen-bond acceptors (Lipinski definition) is 3. The van der Waals surface area contributed by atoms with Gasteiger partial charge in [-0.25, -0.2) is 4.79 Å². The molecule has 26 heavy (non-hydrogen) atoms. The van der Waals surface area contributed by atoms with Gasteiger partial charge in [-0.15, -0.1) is 0 Å². The molecule has 0 atom stereocenters. The van der Waals surface area contributed by atoms with E-state index in [4.69, 9.17) is 9.47 Å². The maximum Gasteiger partial charge on any atom is 0.337 e. The van der Waals surface area contributed by atoms with E-state index >= 15 is 0 Å². The number of benzene rings is 1. The third kappa shape index (κ3) is 3.21. The van der Waals surface area contributed by atoms with Crippen LogP contribution in [0.3, 0.4) is 0 Å². The third-order valence-electron chi connectivity index (χ3n) is 4.43. The average molecular weight is 355 g/mol. The van der Waals surface area contributed by atoms with Crippen LogP contribution in [-0.2, 0) is 13.0 Å². The van der Waals surface area contributed by atoms with Gasteiger partial charge in [-0.3, -0.25) is 0 Å². The molecule has 0 unspecified atom stereocenters. The first kappa shape index (κ1) is 18.1. The summed E-state index contributed by atoms with van der Waals surface area (Å²) in [6.45, 7) is 8.62. The molecule has 1 N–H and O–H groups in total. The number of carboxylic acid groups (broad SMARTS) is 1. The number of aryl methyl sites for hydroxylation is 1. The Morgan fingerprint density at radius 1 is 1.23 bits per heavy atom. The van der Waals surface area contributed by atoms with Crippen LogP contribution in [0.4, 0.5) is 0 Å². The van der Waals surface area contributed by atoms with Gasteiger partial charge in [0.25, 0.3) is 0 Å². The minimum atomic E-state index is -0.909. The SMILES string of the molecule is COc1cc2c(cc1OC(C)C)-c1cc(C(=O)O)c(C=C(C)C)n1CC2. The highest BCUT2D eigenvalue weighted by Crippen LogP contribution is 2.41. The van der Waals surface area contributed by atoms with E-state index in [1.165, 1.54) is 0 Å². The Labute approximate surface area is 153 Å². The van der Waals surface area contributed by atoms with Crippen LogP contribution in [0.15, 0.2) is 23.8 Å². The summed E-state index contributed by atoms with van der Waals surface area (Å²) >= 11 is 0. The number of aromatic carboxylic acids is 1. The molecule has 2 aromatic rings. The number of ether oxygens (including phenoxy) is 2. The van der Waals surface area contributed by atoms with Crippen molar-refractivity contribution in [3.8, 4) is 22.8 Å². The molecule has 138 valence electrons. The van der Waals surface area contributed by atoms with Crippen LogP contribution in [0.5, 0.6) is 11.5 Å². The number of carboxylic acids is 1. The number of methoxy groups -OCH3 is 1. The summed E-state index contributed by atoms with van der Waals surface area (Å²) in [5, 5.41) is 9.64. The maximum atomic E-state index is 11.8. The maximum absolute atomic E-state index is 11.8. The third-order valence-corrected chi connectivity index (χ3v) is 4.43. The number of carbonyl (C=O) groups is 1. The lowest BCUT2D eigenvalue weighted by Gasteiger charge is -2.23. The van der Waals surface area contributed by atoms with Crippen LogP contribution in [0, 0.1) is 0 Å². The molecule has 0 saturated carbocycles. The molecule has 0 saturated heterocycles. The van der Waals surface area contributed by atoms with Gasteiger partial charge in [-0.2, -0.15) is 0 Å². The molecule has 1 aromatic heterocycles. The number of aromatic nitrogens is 1. The molecule has 1 aliphatic rings. The van der Waals surface area contributed by atoms with Crippen molar-refractivity contribution in [3.63, 3.8) is 0 Å². The Balaban J connectivity index is 2.22. The molecular weight excluding hydrogens is 330 g/mol. The zero-order chi connectivity index (χ0) is 19.0. The van der Waals surface area contributed by atoms with E-state index in [-0.39, 0.29) is 6.10 Å². The first-order valence-corrected chi connectivity index (χ1v) is 8.81. The summed E-state index contributed by atoms with van der Waals surface area (Å²) < 4.78 is 13.5. The van der Waals surface area contributed by atoms with E-state index in [9.17, 15) is 9.90 Å². The summed E-state index contributed by atoms with van der Waals surface area (Å²) in [6.07, 6.45) is 2.78. The van der Waals surface area contributed by atoms with Crippen molar-refractivity contribution in [3.05, 3.63) is 40.6 Å². The molecule has 0 amide bonds. The highest BCUT2D eigenvalue weighted by molar-refractivity contribution is 5.94. The molecule has 3 rings (SSSR count). The molecule has 0 bridgehead atoms. The molecular formula is C21H25NO4. The summed E-state index contributed by atoms with van der Waals surface area (Å²) in [5.41, 5.74) is 5.20. The van der Waals surface area contributed by atoms with Gasteiger partial charge in [0.15, 0.2) is 11.5 Å². The van der Waals surface area contributed by atoms with Gasteiger partial charge in [0, 0.05) is 17.8 Å². The van der Waals surface area contributed by atoms with E-state index in [0.717, 1.165) is 41.1 Å². The highest BCUT2D eigenvalue weighted by atomic mass is 16.5. The fraction of sp³-hybridized carbons (Fsp3) is 0.381. The highest BCUT2D eigenvalue weighted by Gasteiger charge is 2.26. The van der Waals surface area contributed by atoms with E-state index in [1.54, 1.807) is 13.2 Å². The van der Waals surface area contributed by atoms with Crippen LogP contribution >= 0.6 is 0 Å². The van der Waals surface area contributed by atoms with Crippen molar-refractivity contribution in [1.29, 1.82) is 0 Å². The second-order valence-electron chi connectivity index (χ2n) is 7.08. The molecule has 0 radical (unpaired) electrons. The zero-order valence-electron chi connectivity index (χ0n) is 15.9. The van der Waals surface area contributed by atoms with Gasteiger partial charge in [-0.05, 0) is 64.0 Å². The second-order valence-corrected chi connectivity index (χ2v) is 7.08.